The number of anilines is 1. The molecule has 2 aromatic carbocycles. The number of nitrogens with zero attached hydrogens (tertiary/aromatic N) is 2. The molecule has 0 atom stereocenters. The van der Waals surface area contributed by atoms with Gasteiger partial charge in [0.25, 0.3) is 11.6 Å². The van der Waals surface area contributed by atoms with Crippen LogP contribution in [0.4, 0.5) is 11.4 Å². The van der Waals surface area contributed by atoms with Gasteiger partial charge in [0.05, 0.1) is 18.1 Å². The van der Waals surface area contributed by atoms with Gasteiger partial charge in [-0.15, -0.1) is 0 Å². The van der Waals surface area contributed by atoms with Crippen molar-refractivity contribution in [3.05, 3.63) is 86.1 Å². The first-order valence-corrected chi connectivity index (χ1v) is 11.0. The van der Waals surface area contributed by atoms with Gasteiger partial charge in [0.1, 0.15) is 0 Å². The van der Waals surface area contributed by atoms with E-state index in [0.29, 0.717) is 43.4 Å². The minimum atomic E-state index is -0.396. The molecule has 0 spiro atoms. The van der Waals surface area contributed by atoms with E-state index in [9.17, 15) is 14.9 Å². The third kappa shape index (κ3) is 5.18. The molecule has 166 valence electrons. The van der Waals surface area contributed by atoms with Gasteiger partial charge in [-0.2, -0.15) is 0 Å². The van der Waals surface area contributed by atoms with Crippen molar-refractivity contribution in [2.24, 2.45) is 0 Å². The van der Waals surface area contributed by atoms with Crippen molar-refractivity contribution in [1.82, 2.24) is 4.90 Å². The van der Waals surface area contributed by atoms with E-state index < -0.39 is 4.92 Å². The number of hydrogen-bond donors (Lipinski definition) is 1. The molecule has 2 aliphatic rings. The number of benzene rings is 2. The zero-order valence-electron chi connectivity index (χ0n) is 17.6. The molecule has 1 saturated heterocycles. The Hall–Kier alpha value is -3.16. The summed E-state index contributed by atoms with van der Waals surface area (Å²) in [7, 11) is 0. The number of hydrogen-bond acceptors (Lipinski definition) is 5. The van der Waals surface area contributed by atoms with Crippen molar-refractivity contribution in [3.8, 4) is 0 Å². The lowest BCUT2D eigenvalue weighted by Crippen LogP contribution is -2.38. The smallest absolute Gasteiger partial charge is 0.270 e. The zero-order valence-corrected chi connectivity index (χ0v) is 18.3. The van der Waals surface area contributed by atoms with Crippen molar-refractivity contribution in [2.45, 2.75) is 19.3 Å². The summed E-state index contributed by atoms with van der Waals surface area (Å²) in [6, 6.07) is 13.6. The number of nitro groups is 1. The highest BCUT2D eigenvalue weighted by Crippen LogP contribution is 2.35. The van der Waals surface area contributed by atoms with Gasteiger partial charge in [-0.3, -0.25) is 14.9 Å². The van der Waals surface area contributed by atoms with Crippen LogP contribution in [-0.4, -0.2) is 42.0 Å². The zero-order chi connectivity index (χ0) is 22.5. The topological polar surface area (TPSA) is 84.7 Å². The summed E-state index contributed by atoms with van der Waals surface area (Å²) >= 11 is 5.96. The van der Waals surface area contributed by atoms with Crippen LogP contribution in [0.3, 0.4) is 0 Å². The highest BCUT2D eigenvalue weighted by Gasteiger charge is 2.28. The highest BCUT2D eigenvalue weighted by molar-refractivity contribution is 6.30. The van der Waals surface area contributed by atoms with E-state index in [0.717, 1.165) is 35.2 Å². The monoisotopic (exact) mass is 453 g/mol. The lowest BCUT2D eigenvalue weighted by atomic mass is 9.88. The predicted molar refractivity (Wildman–Crippen MR) is 124 cm³/mol. The maximum Gasteiger partial charge on any atom is 0.270 e. The maximum absolute atomic E-state index is 13.3. The van der Waals surface area contributed by atoms with Crippen LogP contribution < -0.4 is 5.32 Å². The van der Waals surface area contributed by atoms with Crippen LogP contribution in [0.5, 0.6) is 0 Å². The Balaban J connectivity index is 1.72. The minimum absolute atomic E-state index is 0.0489. The second kappa shape index (κ2) is 9.97. The molecular weight excluding hydrogens is 430 g/mol. The second-order valence-corrected chi connectivity index (χ2v) is 8.20. The number of carbonyl (C=O) groups excluding carboxylic acids is 1. The highest BCUT2D eigenvalue weighted by atomic mass is 35.5. The summed E-state index contributed by atoms with van der Waals surface area (Å²) in [5.74, 6) is -0.140. The van der Waals surface area contributed by atoms with Crippen molar-refractivity contribution in [1.29, 1.82) is 0 Å². The predicted octanol–water partition coefficient (Wildman–Crippen LogP) is 5.04. The number of allylic oxidation sites excluding steroid dienone is 1. The molecule has 0 saturated carbocycles. The number of ether oxygens (including phenoxy) is 1. The number of rotatable bonds is 5. The Labute approximate surface area is 191 Å². The van der Waals surface area contributed by atoms with Gasteiger partial charge in [0.2, 0.25) is 0 Å². The first kappa shape index (κ1) is 22.0. The molecule has 1 heterocycles. The molecule has 0 unspecified atom stereocenters. The minimum Gasteiger partial charge on any atom is -0.378 e. The standard InChI is InChI=1S/C24H24ClN3O4/c25-19-7-9-20(10-8-19)26-24(29)22-6-2-4-18(23(22)27-11-13-32-14-12-27)15-17-3-1-5-21(16-17)28(30)31/h1,3,5,7-10,15-16H,2,4,6,11-14H2,(H,26,29). The third-order valence-corrected chi connectivity index (χ3v) is 5.84. The molecule has 2 aromatic rings. The molecular formula is C24H24ClN3O4. The average molecular weight is 454 g/mol. The van der Waals surface area contributed by atoms with Gasteiger partial charge in [-0.25, -0.2) is 0 Å². The Bertz CT molecular complexity index is 1070. The molecule has 8 heteroatoms. The molecule has 32 heavy (non-hydrogen) atoms. The molecule has 1 fully saturated rings. The number of amides is 1. The molecule has 0 aromatic heterocycles. The first-order chi connectivity index (χ1) is 15.5. The lowest BCUT2D eigenvalue weighted by Gasteiger charge is -2.36. The first-order valence-electron chi connectivity index (χ1n) is 10.6. The van der Waals surface area contributed by atoms with E-state index in [1.807, 2.05) is 12.1 Å². The normalized spacial score (nSPS) is 18.0. The Morgan fingerprint density at radius 3 is 2.59 bits per heavy atom. The molecule has 1 aliphatic heterocycles. The largest absolute Gasteiger partial charge is 0.378 e. The lowest BCUT2D eigenvalue weighted by molar-refractivity contribution is -0.384. The summed E-state index contributed by atoms with van der Waals surface area (Å²) in [6.07, 6.45) is 4.26. The fourth-order valence-electron chi connectivity index (χ4n) is 4.10. The molecule has 1 N–H and O–H groups in total. The van der Waals surface area contributed by atoms with Crippen LogP contribution in [-0.2, 0) is 9.53 Å². The van der Waals surface area contributed by atoms with E-state index in [4.69, 9.17) is 16.3 Å². The summed E-state index contributed by atoms with van der Waals surface area (Å²) in [5, 5.41) is 14.8. The number of carbonyl (C=O) groups is 1. The van der Waals surface area contributed by atoms with E-state index in [2.05, 4.69) is 10.2 Å². The van der Waals surface area contributed by atoms with Crippen molar-refractivity contribution < 1.29 is 14.5 Å². The van der Waals surface area contributed by atoms with Gasteiger partial charge in [-0.05, 0) is 60.7 Å². The molecule has 0 radical (unpaired) electrons. The number of nitro benzene ring substituents is 1. The van der Waals surface area contributed by atoms with Crippen molar-refractivity contribution >= 4 is 35.0 Å². The third-order valence-electron chi connectivity index (χ3n) is 5.59. The SMILES string of the molecule is O=C(Nc1ccc(Cl)cc1)C1=C(N2CCOCC2)C(=Cc2cccc([N+](=O)[O-])c2)CCC1. The number of halogens is 1. The van der Waals surface area contributed by atoms with E-state index in [-0.39, 0.29) is 11.6 Å². The molecule has 4 rings (SSSR count). The molecule has 1 aliphatic carbocycles. The fraction of sp³-hybridized carbons (Fsp3) is 0.292. The summed E-state index contributed by atoms with van der Waals surface area (Å²) < 4.78 is 5.52. The summed E-state index contributed by atoms with van der Waals surface area (Å²) in [6.45, 7) is 2.58. The van der Waals surface area contributed by atoms with Crippen molar-refractivity contribution in [2.75, 3.05) is 31.6 Å². The second-order valence-electron chi connectivity index (χ2n) is 7.76. The van der Waals surface area contributed by atoms with Gasteiger partial charge in [0, 0.05) is 47.2 Å². The molecule has 1 amide bonds. The van der Waals surface area contributed by atoms with E-state index in [1.54, 1.807) is 36.4 Å². The van der Waals surface area contributed by atoms with Gasteiger partial charge < -0.3 is 15.0 Å². The summed E-state index contributed by atoms with van der Waals surface area (Å²) in [4.78, 5) is 26.3. The van der Waals surface area contributed by atoms with E-state index >= 15 is 0 Å². The van der Waals surface area contributed by atoms with Crippen LogP contribution >= 0.6 is 11.6 Å². The van der Waals surface area contributed by atoms with Crippen molar-refractivity contribution in [3.63, 3.8) is 0 Å². The Morgan fingerprint density at radius 2 is 1.88 bits per heavy atom. The Kier molecular flexibility index (Phi) is 6.87. The van der Waals surface area contributed by atoms with Crippen LogP contribution in [0.25, 0.3) is 6.08 Å². The van der Waals surface area contributed by atoms with Crippen LogP contribution in [0.1, 0.15) is 24.8 Å². The van der Waals surface area contributed by atoms with Gasteiger partial charge in [-0.1, -0.05) is 23.7 Å². The average Bonchev–Trinajstić information content (AvgIpc) is 2.81. The summed E-state index contributed by atoms with van der Waals surface area (Å²) in [5.41, 5.74) is 4.14. The van der Waals surface area contributed by atoms with Gasteiger partial charge >= 0.3 is 0 Å². The van der Waals surface area contributed by atoms with E-state index in [1.165, 1.54) is 6.07 Å². The number of non-ortho nitro benzene ring substituents is 1. The number of nitrogens with one attached hydrogen (secondary N) is 1. The van der Waals surface area contributed by atoms with Gasteiger partial charge in [0.15, 0.2) is 0 Å². The Morgan fingerprint density at radius 1 is 1.12 bits per heavy atom. The van der Waals surface area contributed by atoms with Crippen LogP contribution in [0.15, 0.2) is 65.4 Å². The molecule has 7 nitrogen and oxygen atoms in total. The quantitative estimate of drug-likeness (QED) is 0.506. The maximum atomic E-state index is 13.3. The van der Waals surface area contributed by atoms with Crippen LogP contribution in [0.2, 0.25) is 5.02 Å². The number of morpholine rings is 1. The van der Waals surface area contributed by atoms with Crippen LogP contribution in [0, 0.1) is 10.1 Å². The fourth-order valence-corrected chi connectivity index (χ4v) is 4.22. The molecule has 0 bridgehead atoms.